The largest absolute Gasteiger partial charge is 0.508 e. The van der Waals surface area contributed by atoms with Crippen LogP contribution in [0, 0.1) is 0 Å². The number of fused-ring (bicyclic) bond motifs is 1. The summed E-state index contributed by atoms with van der Waals surface area (Å²) in [6.45, 7) is 3.93. The van der Waals surface area contributed by atoms with Gasteiger partial charge >= 0.3 is 0 Å². The molecular formula is C12H16N2O. The van der Waals surface area contributed by atoms with Gasteiger partial charge in [-0.3, -0.25) is 0 Å². The average Bonchev–Trinajstić information content (AvgIpc) is 2.54. The van der Waals surface area contributed by atoms with E-state index >= 15 is 0 Å². The Morgan fingerprint density at radius 1 is 1.33 bits per heavy atom. The summed E-state index contributed by atoms with van der Waals surface area (Å²) < 4.78 is 2.26. The van der Waals surface area contributed by atoms with Crippen LogP contribution in [0.3, 0.4) is 0 Å². The molecule has 0 atom stereocenters. The number of phenolic OH excluding ortho intramolecular Hbond substituents is 1. The van der Waals surface area contributed by atoms with Crippen molar-refractivity contribution in [1.29, 1.82) is 0 Å². The van der Waals surface area contributed by atoms with E-state index in [1.165, 1.54) is 11.2 Å². The van der Waals surface area contributed by atoms with Crippen LogP contribution in [-0.2, 0) is 13.1 Å². The van der Waals surface area contributed by atoms with Crippen LogP contribution in [0.5, 0.6) is 5.75 Å². The molecule has 0 aliphatic rings. The lowest BCUT2D eigenvalue weighted by atomic mass is 10.2. The molecule has 0 unspecified atom stereocenters. The van der Waals surface area contributed by atoms with Gasteiger partial charge in [-0.15, -0.1) is 0 Å². The second-order valence-corrected chi connectivity index (χ2v) is 3.65. The highest BCUT2D eigenvalue weighted by Gasteiger charge is 2.06. The molecular weight excluding hydrogens is 188 g/mol. The Bertz CT molecular complexity index is 474. The van der Waals surface area contributed by atoms with E-state index < -0.39 is 0 Å². The molecule has 0 aliphatic carbocycles. The van der Waals surface area contributed by atoms with Gasteiger partial charge in [0, 0.05) is 29.7 Å². The minimum Gasteiger partial charge on any atom is -0.508 e. The van der Waals surface area contributed by atoms with Crippen molar-refractivity contribution < 1.29 is 5.11 Å². The van der Waals surface area contributed by atoms with E-state index in [2.05, 4.69) is 22.9 Å². The molecule has 2 aromatic rings. The van der Waals surface area contributed by atoms with E-state index in [0.29, 0.717) is 5.75 Å². The molecule has 1 aromatic carbocycles. The third-order valence-corrected chi connectivity index (χ3v) is 2.64. The van der Waals surface area contributed by atoms with E-state index in [9.17, 15) is 5.11 Å². The number of benzene rings is 1. The van der Waals surface area contributed by atoms with Gasteiger partial charge in [0.25, 0.3) is 0 Å². The Balaban J connectivity index is 2.62. The highest BCUT2D eigenvalue weighted by molar-refractivity contribution is 5.82. The lowest BCUT2D eigenvalue weighted by Crippen LogP contribution is -2.10. The number of nitrogens with one attached hydrogen (secondary N) is 1. The number of rotatable bonds is 3. The number of phenols is 1. The number of hydrogen-bond acceptors (Lipinski definition) is 2. The fraction of sp³-hybridized carbons (Fsp3) is 0.333. The number of aromatic hydroxyl groups is 1. The molecule has 0 fully saturated rings. The summed E-state index contributed by atoms with van der Waals surface area (Å²) in [5.74, 6) is 0.326. The molecule has 3 heteroatoms. The second-order valence-electron chi connectivity index (χ2n) is 3.65. The zero-order valence-corrected chi connectivity index (χ0v) is 9.12. The summed E-state index contributed by atoms with van der Waals surface area (Å²) in [5.41, 5.74) is 2.43. The van der Waals surface area contributed by atoms with Crippen molar-refractivity contribution in [3.63, 3.8) is 0 Å². The molecule has 0 aliphatic heterocycles. The van der Waals surface area contributed by atoms with Gasteiger partial charge in [0.2, 0.25) is 0 Å². The van der Waals surface area contributed by atoms with Crippen LogP contribution in [0.4, 0.5) is 0 Å². The van der Waals surface area contributed by atoms with Crippen molar-refractivity contribution in [3.8, 4) is 5.75 Å². The van der Waals surface area contributed by atoms with E-state index in [1.807, 2.05) is 13.1 Å². The van der Waals surface area contributed by atoms with Gasteiger partial charge in [0.05, 0.1) is 0 Å². The maximum absolute atomic E-state index is 9.41. The van der Waals surface area contributed by atoms with Gasteiger partial charge in [-0.1, -0.05) is 0 Å². The quantitative estimate of drug-likeness (QED) is 0.803. The highest BCUT2D eigenvalue weighted by Crippen LogP contribution is 2.23. The Kier molecular flexibility index (Phi) is 2.64. The molecule has 0 saturated carbocycles. The molecule has 1 heterocycles. The molecule has 0 amide bonds. The number of aryl methyl sites for hydroxylation is 1. The SMILES string of the molecule is CCn1c(CNC)cc2cc(O)ccc21. The zero-order chi connectivity index (χ0) is 10.8. The van der Waals surface area contributed by atoms with E-state index in [0.717, 1.165) is 18.5 Å². The van der Waals surface area contributed by atoms with Crippen LogP contribution in [0.1, 0.15) is 12.6 Å². The predicted octanol–water partition coefficient (Wildman–Crippen LogP) is 2.09. The van der Waals surface area contributed by atoms with E-state index in [4.69, 9.17) is 0 Å². The van der Waals surface area contributed by atoms with Crippen molar-refractivity contribution in [2.45, 2.75) is 20.0 Å². The summed E-state index contributed by atoms with van der Waals surface area (Å²) >= 11 is 0. The highest BCUT2D eigenvalue weighted by atomic mass is 16.3. The molecule has 80 valence electrons. The Morgan fingerprint density at radius 2 is 2.13 bits per heavy atom. The van der Waals surface area contributed by atoms with Crippen LogP contribution in [0.25, 0.3) is 10.9 Å². The molecule has 2 rings (SSSR count). The van der Waals surface area contributed by atoms with Crippen molar-refractivity contribution in [2.75, 3.05) is 7.05 Å². The zero-order valence-electron chi connectivity index (χ0n) is 9.12. The molecule has 0 spiro atoms. The summed E-state index contributed by atoms with van der Waals surface area (Å²) in [4.78, 5) is 0. The summed E-state index contributed by atoms with van der Waals surface area (Å²) in [5, 5.41) is 13.7. The van der Waals surface area contributed by atoms with Crippen LogP contribution in [0.2, 0.25) is 0 Å². The fourth-order valence-electron chi connectivity index (χ4n) is 2.02. The molecule has 3 nitrogen and oxygen atoms in total. The number of aromatic nitrogens is 1. The Labute approximate surface area is 89.3 Å². The minimum absolute atomic E-state index is 0.326. The minimum atomic E-state index is 0.326. The smallest absolute Gasteiger partial charge is 0.116 e. The van der Waals surface area contributed by atoms with Crippen LogP contribution in [0.15, 0.2) is 24.3 Å². The van der Waals surface area contributed by atoms with Gasteiger partial charge in [-0.05, 0) is 38.2 Å². The van der Waals surface area contributed by atoms with Crippen LogP contribution < -0.4 is 5.32 Å². The maximum atomic E-state index is 9.41. The number of hydrogen-bond donors (Lipinski definition) is 2. The summed E-state index contributed by atoms with van der Waals surface area (Å²) in [6, 6.07) is 7.63. The van der Waals surface area contributed by atoms with E-state index in [-0.39, 0.29) is 0 Å². The van der Waals surface area contributed by atoms with Gasteiger partial charge in [-0.2, -0.15) is 0 Å². The normalized spacial score (nSPS) is 11.1. The molecule has 0 radical (unpaired) electrons. The van der Waals surface area contributed by atoms with Crippen molar-refractivity contribution >= 4 is 10.9 Å². The van der Waals surface area contributed by atoms with Gasteiger partial charge in [0.1, 0.15) is 5.75 Å². The van der Waals surface area contributed by atoms with Crippen molar-refractivity contribution in [3.05, 3.63) is 30.0 Å². The first-order valence-corrected chi connectivity index (χ1v) is 5.22. The average molecular weight is 204 g/mol. The first kappa shape index (κ1) is 10.1. The molecule has 0 saturated heterocycles. The Morgan fingerprint density at radius 3 is 2.80 bits per heavy atom. The van der Waals surface area contributed by atoms with Gasteiger partial charge in [-0.25, -0.2) is 0 Å². The predicted molar refractivity (Wildman–Crippen MR) is 62.0 cm³/mol. The lowest BCUT2D eigenvalue weighted by Gasteiger charge is -2.06. The second kappa shape index (κ2) is 3.95. The third-order valence-electron chi connectivity index (χ3n) is 2.64. The van der Waals surface area contributed by atoms with Crippen molar-refractivity contribution in [2.24, 2.45) is 0 Å². The Hall–Kier alpha value is -1.48. The first-order valence-electron chi connectivity index (χ1n) is 5.22. The standard InChI is InChI=1S/C12H16N2O/c1-3-14-10(8-13-2)6-9-7-11(15)4-5-12(9)14/h4-7,13,15H,3,8H2,1-2H3. The molecule has 0 bridgehead atoms. The third kappa shape index (κ3) is 1.70. The van der Waals surface area contributed by atoms with Gasteiger partial charge < -0.3 is 15.0 Å². The van der Waals surface area contributed by atoms with Crippen LogP contribution >= 0.6 is 0 Å². The molecule has 1 aromatic heterocycles. The lowest BCUT2D eigenvalue weighted by molar-refractivity contribution is 0.476. The first-order chi connectivity index (χ1) is 7.26. The summed E-state index contributed by atoms with van der Waals surface area (Å²) in [6.07, 6.45) is 0. The number of nitrogens with zero attached hydrogens (tertiary/aromatic N) is 1. The van der Waals surface area contributed by atoms with Gasteiger partial charge in [0.15, 0.2) is 0 Å². The summed E-state index contributed by atoms with van der Waals surface area (Å²) in [7, 11) is 1.94. The van der Waals surface area contributed by atoms with E-state index in [1.54, 1.807) is 12.1 Å². The fourth-order valence-corrected chi connectivity index (χ4v) is 2.02. The monoisotopic (exact) mass is 204 g/mol. The maximum Gasteiger partial charge on any atom is 0.116 e. The molecule has 2 N–H and O–H groups in total. The molecule has 15 heavy (non-hydrogen) atoms. The van der Waals surface area contributed by atoms with Crippen LogP contribution in [-0.4, -0.2) is 16.7 Å². The van der Waals surface area contributed by atoms with Crippen molar-refractivity contribution in [1.82, 2.24) is 9.88 Å². The topological polar surface area (TPSA) is 37.2 Å².